The van der Waals surface area contributed by atoms with E-state index in [2.05, 4.69) is 0 Å². The zero-order valence-electron chi connectivity index (χ0n) is 9.60. The Morgan fingerprint density at radius 3 is 2.00 bits per heavy atom. The van der Waals surface area contributed by atoms with Crippen molar-refractivity contribution in [3.8, 4) is 0 Å². The van der Waals surface area contributed by atoms with Gasteiger partial charge in [0.15, 0.2) is 0 Å². The molecule has 0 bridgehead atoms. The lowest BCUT2D eigenvalue weighted by Gasteiger charge is -2.27. The summed E-state index contributed by atoms with van der Waals surface area (Å²) in [4.78, 5) is 10.8. The van der Waals surface area contributed by atoms with E-state index in [9.17, 15) is 22.4 Å². The predicted molar refractivity (Wildman–Crippen MR) is 58.7 cm³/mol. The standard InChI is InChI=1S/C9H16F4N2O.ClH/c1-3-8(14,4-2)5-15-7(16)9(12,13)6(10)11;/h6H,3-5,14H2,1-2H3,(H,15,16);1H. The minimum Gasteiger partial charge on any atom is -0.349 e. The molecule has 0 aromatic rings. The molecule has 8 heteroatoms. The third-order valence-corrected chi connectivity index (χ3v) is 2.59. The lowest BCUT2D eigenvalue weighted by molar-refractivity contribution is -0.169. The maximum absolute atomic E-state index is 12.5. The Morgan fingerprint density at radius 1 is 1.29 bits per heavy atom. The minimum atomic E-state index is -4.66. The molecule has 0 aliphatic carbocycles. The quantitative estimate of drug-likeness (QED) is 0.731. The van der Waals surface area contributed by atoms with Crippen LogP contribution in [0.4, 0.5) is 17.6 Å². The van der Waals surface area contributed by atoms with E-state index in [1.54, 1.807) is 19.2 Å². The Labute approximate surface area is 104 Å². The van der Waals surface area contributed by atoms with Crippen LogP contribution < -0.4 is 11.1 Å². The lowest BCUT2D eigenvalue weighted by atomic mass is 9.94. The smallest absolute Gasteiger partial charge is 0.349 e. The van der Waals surface area contributed by atoms with Crippen molar-refractivity contribution >= 4 is 18.3 Å². The van der Waals surface area contributed by atoms with Gasteiger partial charge in [0.05, 0.1) is 0 Å². The monoisotopic (exact) mass is 280 g/mol. The molecule has 1 amide bonds. The van der Waals surface area contributed by atoms with Gasteiger partial charge >= 0.3 is 12.3 Å². The lowest BCUT2D eigenvalue weighted by Crippen LogP contribution is -2.54. The van der Waals surface area contributed by atoms with Crippen molar-refractivity contribution < 1.29 is 22.4 Å². The van der Waals surface area contributed by atoms with E-state index in [4.69, 9.17) is 5.73 Å². The van der Waals surface area contributed by atoms with Crippen molar-refractivity contribution in [1.29, 1.82) is 0 Å². The summed E-state index contributed by atoms with van der Waals surface area (Å²) in [5, 5.41) is 1.75. The van der Waals surface area contributed by atoms with Gasteiger partial charge in [-0.15, -0.1) is 12.4 Å². The molecule has 0 spiro atoms. The number of carbonyl (C=O) groups is 1. The van der Waals surface area contributed by atoms with Crippen molar-refractivity contribution in [2.45, 2.75) is 44.6 Å². The van der Waals surface area contributed by atoms with Gasteiger partial charge in [0.25, 0.3) is 5.91 Å². The number of hydrogen-bond acceptors (Lipinski definition) is 2. The maximum atomic E-state index is 12.5. The second-order valence-corrected chi connectivity index (χ2v) is 3.68. The van der Waals surface area contributed by atoms with Crippen molar-refractivity contribution in [1.82, 2.24) is 5.32 Å². The topological polar surface area (TPSA) is 55.1 Å². The first-order valence-electron chi connectivity index (χ1n) is 4.92. The Hall–Kier alpha value is -0.560. The zero-order valence-corrected chi connectivity index (χ0v) is 10.4. The molecule has 3 N–H and O–H groups in total. The van der Waals surface area contributed by atoms with Crippen LogP contribution in [0, 0.1) is 0 Å². The Balaban J connectivity index is 0. The molecule has 0 aromatic carbocycles. The highest BCUT2D eigenvalue weighted by Gasteiger charge is 2.49. The van der Waals surface area contributed by atoms with Gasteiger partial charge in [-0.2, -0.15) is 8.78 Å². The highest BCUT2D eigenvalue weighted by molar-refractivity contribution is 5.85. The molecule has 104 valence electrons. The molecule has 0 aliphatic heterocycles. The van der Waals surface area contributed by atoms with Gasteiger partial charge in [-0.3, -0.25) is 4.79 Å². The van der Waals surface area contributed by atoms with E-state index < -0.39 is 23.8 Å². The summed E-state index contributed by atoms with van der Waals surface area (Å²) in [7, 11) is 0. The van der Waals surface area contributed by atoms with Crippen molar-refractivity contribution in [2.24, 2.45) is 5.73 Å². The highest BCUT2D eigenvalue weighted by atomic mass is 35.5. The van der Waals surface area contributed by atoms with Gasteiger partial charge in [0.2, 0.25) is 0 Å². The summed E-state index contributed by atoms with van der Waals surface area (Å²) in [6.07, 6.45) is -3.11. The molecule has 0 aliphatic rings. The Kier molecular flexibility index (Phi) is 7.74. The first-order valence-corrected chi connectivity index (χ1v) is 4.92. The van der Waals surface area contributed by atoms with Crippen molar-refractivity contribution in [3.63, 3.8) is 0 Å². The molecular formula is C9H17ClF4N2O. The van der Waals surface area contributed by atoms with Crippen LogP contribution in [0.3, 0.4) is 0 Å². The van der Waals surface area contributed by atoms with Gasteiger partial charge in [-0.1, -0.05) is 13.8 Å². The van der Waals surface area contributed by atoms with Crippen LogP contribution in [0.5, 0.6) is 0 Å². The summed E-state index contributed by atoms with van der Waals surface area (Å²) < 4.78 is 48.6. The number of alkyl halides is 4. The molecule has 0 fully saturated rings. The summed E-state index contributed by atoms with van der Waals surface area (Å²) in [5.41, 5.74) is 4.88. The highest BCUT2D eigenvalue weighted by Crippen LogP contribution is 2.23. The van der Waals surface area contributed by atoms with Gasteiger partial charge in [0.1, 0.15) is 0 Å². The van der Waals surface area contributed by atoms with Crippen molar-refractivity contribution in [3.05, 3.63) is 0 Å². The third-order valence-electron chi connectivity index (χ3n) is 2.59. The summed E-state index contributed by atoms with van der Waals surface area (Å²) in [6, 6.07) is 0. The largest absolute Gasteiger partial charge is 0.383 e. The fraction of sp³-hybridized carbons (Fsp3) is 0.889. The van der Waals surface area contributed by atoms with Gasteiger partial charge in [-0.25, -0.2) is 8.78 Å². The maximum Gasteiger partial charge on any atom is 0.383 e. The fourth-order valence-corrected chi connectivity index (χ4v) is 0.973. The first kappa shape index (κ1) is 18.8. The van der Waals surface area contributed by atoms with Crippen LogP contribution in [-0.2, 0) is 4.79 Å². The van der Waals surface area contributed by atoms with E-state index in [0.29, 0.717) is 12.8 Å². The molecule has 3 nitrogen and oxygen atoms in total. The minimum absolute atomic E-state index is 0. The van der Waals surface area contributed by atoms with E-state index in [1.165, 1.54) is 0 Å². The average Bonchev–Trinajstić information content (AvgIpc) is 2.25. The van der Waals surface area contributed by atoms with Gasteiger partial charge < -0.3 is 11.1 Å². The molecule has 0 heterocycles. The summed E-state index contributed by atoms with van der Waals surface area (Å²) in [6.45, 7) is 3.20. The number of nitrogens with two attached hydrogens (primary N) is 1. The van der Waals surface area contributed by atoms with E-state index >= 15 is 0 Å². The number of rotatable bonds is 6. The number of carbonyl (C=O) groups excluding carboxylic acids is 1. The van der Waals surface area contributed by atoms with E-state index in [1.807, 2.05) is 0 Å². The number of hydrogen-bond donors (Lipinski definition) is 2. The summed E-state index contributed by atoms with van der Waals surface area (Å²) >= 11 is 0. The van der Waals surface area contributed by atoms with Crippen LogP contribution in [-0.4, -0.2) is 30.3 Å². The van der Waals surface area contributed by atoms with Crippen LogP contribution in [0.1, 0.15) is 26.7 Å². The molecule has 0 rings (SSSR count). The Morgan fingerprint density at radius 2 is 1.71 bits per heavy atom. The van der Waals surface area contributed by atoms with Crippen LogP contribution in [0.2, 0.25) is 0 Å². The number of halogens is 5. The molecule has 0 aromatic heterocycles. The molecule has 0 unspecified atom stereocenters. The third kappa shape index (κ3) is 5.08. The summed E-state index contributed by atoms with van der Waals surface area (Å²) in [5.74, 6) is -6.65. The molecule has 0 radical (unpaired) electrons. The first-order chi connectivity index (χ1) is 7.19. The number of nitrogens with one attached hydrogen (secondary N) is 1. The van der Waals surface area contributed by atoms with E-state index in [0.717, 1.165) is 0 Å². The van der Waals surface area contributed by atoms with Gasteiger partial charge in [0, 0.05) is 12.1 Å². The zero-order chi connectivity index (χ0) is 13.0. The molecular weight excluding hydrogens is 264 g/mol. The van der Waals surface area contributed by atoms with Crippen LogP contribution in [0.15, 0.2) is 0 Å². The molecule has 0 saturated heterocycles. The Bertz CT molecular complexity index is 247. The molecule has 0 saturated carbocycles. The second-order valence-electron chi connectivity index (χ2n) is 3.68. The van der Waals surface area contributed by atoms with E-state index in [-0.39, 0.29) is 19.0 Å². The SMILES string of the molecule is CCC(N)(CC)CNC(=O)C(F)(F)C(F)F.Cl. The van der Waals surface area contributed by atoms with Crippen LogP contribution >= 0.6 is 12.4 Å². The van der Waals surface area contributed by atoms with Crippen LogP contribution in [0.25, 0.3) is 0 Å². The van der Waals surface area contributed by atoms with Gasteiger partial charge in [-0.05, 0) is 12.8 Å². The fourth-order valence-electron chi connectivity index (χ4n) is 0.973. The average molecular weight is 281 g/mol. The predicted octanol–water partition coefficient (Wildman–Crippen LogP) is 1.94. The second kappa shape index (κ2) is 7.00. The molecule has 0 atom stereocenters. The number of amides is 1. The molecule has 17 heavy (non-hydrogen) atoms. The van der Waals surface area contributed by atoms with Crippen molar-refractivity contribution in [2.75, 3.05) is 6.54 Å². The normalized spacial score (nSPS) is 12.2.